The number of aldehydes is 2. The molecule has 1 atom stereocenters. The van der Waals surface area contributed by atoms with Crippen molar-refractivity contribution in [1.29, 1.82) is 0 Å². The Hall–Kier alpha value is -1.39. The number of piperidine rings is 1. The van der Waals surface area contributed by atoms with E-state index in [1.807, 2.05) is 27.7 Å². The van der Waals surface area contributed by atoms with E-state index in [1.54, 1.807) is 18.9 Å². The second-order valence-corrected chi connectivity index (χ2v) is 8.45. The zero-order chi connectivity index (χ0) is 28.7. The maximum Gasteiger partial charge on any atom is 0.225 e. The molecule has 222 valence electrons. The molecule has 0 aliphatic carbocycles. The van der Waals surface area contributed by atoms with E-state index in [-0.39, 0.29) is 18.2 Å². The number of carbonyl (C=O) groups is 3. The van der Waals surface area contributed by atoms with E-state index >= 15 is 0 Å². The van der Waals surface area contributed by atoms with Gasteiger partial charge in [-0.3, -0.25) is 4.79 Å². The third-order valence-electron chi connectivity index (χ3n) is 5.32. The predicted molar refractivity (Wildman–Crippen MR) is 150 cm³/mol. The number of likely N-dealkylation sites (tertiary alicyclic amines) is 1. The van der Waals surface area contributed by atoms with Crippen LogP contribution >= 0.6 is 0 Å². The fraction of sp³-hybridized carbons (Fsp3) is 0.893. The Kier molecular flexibility index (Phi) is 35.4. The molecule has 37 heavy (non-hydrogen) atoms. The van der Waals surface area contributed by atoms with Crippen LogP contribution < -0.4 is 0 Å². The summed E-state index contributed by atoms with van der Waals surface area (Å²) in [6.07, 6.45) is 5.03. The minimum absolute atomic E-state index is 0.0563. The lowest BCUT2D eigenvalue weighted by Gasteiger charge is -2.26. The van der Waals surface area contributed by atoms with Crippen molar-refractivity contribution in [3.05, 3.63) is 0 Å². The van der Waals surface area contributed by atoms with E-state index in [9.17, 15) is 14.4 Å². The topological polar surface area (TPSA) is 94.6 Å². The van der Waals surface area contributed by atoms with Gasteiger partial charge in [-0.15, -0.1) is 0 Å². The molecule has 0 saturated carbocycles. The minimum atomic E-state index is -0.291. The van der Waals surface area contributed by atoms with Gasteiger partial charge in [0.15, 0.2) is 0 Å². The highest BCUT2D eigenvalue weighted by atomic mass is 16.6. The Labute approximate surface area is 227 Å². The van der Waals surface area contributed by atoms with Crippen LogP contribution in [0.2, 0.25) is 0 Å². The fourth-order valence-electron chi connectivity index (χ4n) is 2.96. The third kappa shape index (κ3) is 29.0. The molecular weight excluding hydrogens is 476 g/mol. The van der Waals surface area contributed by atoms with E-state index in [0.29, 0.717) is 65.8 Å². The van der Waals surface area contributed by atoms with Gasteiger partial charge in [0.05, 0.1) is 52.9 Å². The lowest BCUT2D eigenvalue weighted by Crippen LogP contribution is -2.34. The highest BCUT2D eigenvalue weighted by Crippen LogP contribution is 2.13. The summed E-state index contributed by atoms with van der Waals surface area (Å²) < 4.78 is 21.2. The van der Waals surface area contributed by atoms with Crippen LogP contribution in [-0.4, -0.2) is 115 Å². The van der Waals surface area contributed by atoms with Crippen molar-refractivity contribution in [3.8, 4) is 0 Å². The predicted octanol–water partition coefficient (Wildman–Crippen LogP) is 3.73. The molecule has 1 aliphatic heterocycles. The first-order valence-electron chi connectivity index (χ1n) is 14.0. The molecule has 0 bridgehead atoms. The number of nitrogens with zero attached hydrogens (tertiary/aromatic N) is 2. The average Bonchev–Trinajstić information content (AvgIpc) is 2.92. The van der Waals surface area contributed by atoms with Crippen LogP contribution in [0.5, 0.6) is 0 Å². The second-order valence-electron chi connectivity index (χ2n) is 8.45. The number of likely N-dealkylation sites (N-methyl/N-ethyl adjacent to an activating group) is 1. The summed E-state index contributed by atoms with van der Waals surface area (Å²) >= 11 is 0. The summed E-state index contributed by atoms with van der Waals surface area (Å²) in [6.45, 7) is 18.8. The first kappa shape index (κ1) is 40.1. The van der Waals surface area contributed by atoms with Crippen molar-refractivity contribution in [2.24, 2.45) is 11.8 Å². The van der Waals surface area contributed by atoms with E-state index < -0.39 is 0 Å². The van der Waals surface area contributed by atoms with Crippen molar-refractivity contribution in [2.75, 3.05) is 86.6 Å². The summed E-state index contributed by atoms with van der Waals surface area (Å²) in [5, 5.41) is 0. The van der Waals surface area contributed by atoms with Crippen LogP contribution in [0, 0.1) is 11.8 Å². The van der Waals surface area contributed by atoms with E-state index in [0.717, 1.165) is 18.5 Å². The van der Waals surface area contributed by atoms with Crippen LogP contribution in [0.3, 0.4) is 0 Å². The molecule has 1 rings (SSSR count). The first-order chi connectivity index (χ1) is 17.9. The smallest absolute Gasteiger partial charge is 0.225 e. The Balaban J connectivity index is -0.000000793. The van der Waals surface area contributed by atoms with Gasteiger partial charge in [-0.1, -0.05) is 41.5 Å². The summed E-state index contributed by atoms with van der Waals surface area (Å²) in [5.41, 5.74) is 0. The highest BCUT2D eigenvalue weighted by molar-refractivity contribution is 5.80. The minimum Gasteiger partial charge on any atom is -0.379 e. The number of hydrogen-bond acceptors (Lipinski definition) is 8. The molecule has 1 heterocycles. The third-order valence-corrected chi connectivity index (χ3v) is 5.32. The molecule has 1 amide bonds. The molecule has 0 spiro atoms. The van der Waals surface area contributed by atoms with Crippen LogP contribution in [0.4, 0.5) is 0 Å². The quantitative estimate of drug-likeness (QED) is 0.194. The Morgan fingerprint density at radius 2 is 1.27 bits per heavy atom. The van der Waals surface area contributed by atoms with E-state index in [4.69, 9.17) is 18.9 Å². The number of ether oxygens (including phenoxy) is 4. The molecule has 1 aliphatic rings. The molecule has 0 aromatic heterocycles. The Bertz CT molecular complexity index is 477. The number of rotatable bonds is 18. The molecule has 0 aromatic carbocycles. The molecule has 1 saturated heterocycles. The molecule has 9 nitrogen and oxygen atoms in total. The molecule has 1 unspecified atom stereocenters. The van der Waals surface area contributed by atoms with Crippen LogP contribution in [0.15, 0.2) is 0 Å². The standard InChI is InChI=1S/C17H31NO7.C7H15N.2C2H6/c1-16(4-7-20)17(21)18(2)5-9-23-11-13-25-15-14-24-12-10-22-8-3-6-19;1-7-3-5-8(2)6-4-7;2*1-2/h6-7,16H,3-5,8-15H2,1-2H3;7H,3-6H2,1-2H3;2*1-2H3. The van der Waals surface area contributed by atoms with Gasteiger partial charge in [-0.25, -0.2) is 0 Å². The molecule has 1 fully saturated rings. The number of amides is 1. The molecule has 0 radical (unpaired) electrons. The fourth-order valence-corrected chi connectivity index (χ4v) is 2.96. The van der Waals surface area contributed by atoms with Gasteiger partial charge < -0.3 is 38.3 Å². The lowest BCUT2D eigenvalue weighted by molar-refractivity contribution is -0.135. The van der Waals surface area contributed by atoms with Crippen LogP contribution in [-0.2, 0) is 33.3 Å². The van der Waals surface area contributed by atoms with Crippen molar-refractivity contribution in [3.63, 3.8) is 0 Å². The van der Waals surface area contributed by atoms with Gasteiger partial charge in [0.25, 0.3) is 0 Å². The van der Waals surface area contributed by atoms with Crippen LogP contribution in [0.25, 0.3) is 0 Å². The molecular formula is C28H58N2O7. The normalized spacial score (nSPS) is 14.1. The molecule has 0 aromatic rings. The van der Waals surface area contributed by atoms with Gasteiger partial charge in [0.1, 0.15) is 12.6 Å². The van der Waals surface area contributed by atoms with E-state index in [2.05, 4.69) is 18.9 Å². The summed E-state index contributed by atoms with van der Waals surface area (Å²) in [7, 11) is 3.90. The summed E-state index contributed by atoms with van der Waals surface area (Å²) in [4.78, 5) is 36.3. The largest absolute Gasteiger partial charge is 0.379 e. The van der Waals surface area contributed by atoms with Gasteiger partial charge in [0, 0.05) is 32.4 Å². The lowest BCUT2D eigenvalue weighted by atomic mass is 10.00. The Morgan fingerprint density at radius 1 is 0.838 bits per heavy atom. The van der Waals surface area contributed by atoms with Gasteiger partial charge in [-0.2, -0.15) is 0 Å². The van der Waals surface area contributed by atoms with Crippen molar-refractivity contribution >= 4 is 18.5 Å². The number of carbonyl (C=O) groups excluding carboxylic acids is 3. The van der Waals surface area contributed by atoms with Gasteiger partial charge >= 0.3 is 0 Å². The number of hydrogen-bond donors (Lipinski definition) is 0. The zero-order valence-electron chi connectivity index (χ0n) is 25.2. The summed E-state index contributed by atoms with van der Waals surface area (Å²) in [5.74, 6) is 0.631. The van der Waals surface area contributed by atoms with Crippen LogP contribution in [0.1, 0.15) is 67.2 Å². The van der Waals surface area contributed by atoms with Crippen molar-refractivity contribution in [2.45, 2.75) is 67.2 Å². The van der Waals surface area contributed by atoms with Crippen molar-refractivity contribution in [1.82, 2.24) is 9.80 Å². The molecule has 0 N–H and O–H groups in total. The monoisotopic (exact) mass is 534 g/mol. The maximum atomic E-state index is 11.8. The Morgan fingerprint density at radius 3 is 1.68 bits per heavy atom. The average molecular weight is 535 g/mol. The zero-order valence-corrected chi connectivity index (χ0v) is 25.2. The van der Waals surface area contributed by atoms with Gasteiger partial charge in [-0.05, 0) is 38.9 Å². The van der Waals surface area contributed by atoms with Crippen molar-refractivity contribution < 1.29 is 33.3 Å². The SMILES string of the molecule is CC.CC.CC(CC=O)C(=O)N(C)CCOCCOCCOCCOCCC=O.CC1CCN(C)CC1. The highest BCUT2D eigenvalue weighted by Gasteiger charge is 2.16. The second kappa shape index (κ2) is 32.6. The van der Waals surface area contributed by atoms with E-state index in [1.165, 1.54) is 25.9 Å². The van der Waals surface area contributed by atoms with Gasteiger partial charge in [0.2, 0.25) is 5.91 Å². The maximum absolute atomic E-state index is 11.8. The first-order valence-corrected chi connectivity index (χ1v) is 14.0. The molecule has 9 heteroatoms. The summed E-state index contributed by atoms with van der Waals surface area (Å²) in [6, 6.07) is 0.